The van der Waals surface area contributed by atoms with Gasteiger partial charge < -0.3 is 9.84 Å². The van der Waals surface area contributed by atoms with Crippen LogP contribution in [0.3, 0.4) is 0 Å². The maximum atomic E-state index is 10.1. The number of aliphatic hydroxyl groups is 1. The fraction of sp³-hybridized carbons (Fsp3) is 1.00. The SMILES string of the molecule is CCCN(C(O)CCCOC(C)C)C1CC1. The number of hydrogen-bond donors (Lipinski definition) is 1. The van der Waals surface area contributed by atoms with Crippen molar-refractivity contribution in [1.82, 2.24) is 4.90 Å². The van der Waals surface area contributed by atoms with E-state index in [1.54, 1.807) is 0 Å². The van der Waals surface area contributed by atoms with Crippen molar-refractivity contribution in [1.29, 1.82) is 0 Å². The number of ether oxygens (including phenoxy) is 1. The minimum absolute atomic E-state index is 0.261. The molecular weight excluding hydrogens is 202 g/mol. The summed E-state index contributed by atoms with van der Waals surface area (Å²) in [6.45, 7) is 8.05. The maximum absolute atomic E-state index is 10.1. The molecule has 3 nitrogen and oxygen atoms in total. The molecule has 1 saturated carbocycles. The van der Waals surface area contributed by atoms with E-state index >= 15 is 0 Å². The van der Waals surface area contributed by atoms with Gasteiger partial charge in [-0.3, -0.25) is 4.90 Å². The first-order valence-corrected chi connectivity index (χ1v) is 6.70. The first kappa shape index (κ1) is 13.9. The molecule has 0 spiro atoms. The van der Waals surface area contributed by atoms with Crippen LogP contribution < -0.4 is 0 Å². The smallest absolute Gasteiger partial charge is 0.107 e. The normalized spacial score (nSPS) is 18.4. The molecule has 0 saturated heterocycles. The minimum atomic E-state index is -0.261. The number of hydrogen-bond acceptors (Lipinski definition) is 3. The average molecular weight is 229 g/mol. The molecule has 0 aromatic rings. The lowest BCUT2D eigenvalue weighted by Gasteiger charge is -2.27. The Kier molecular flexibility index (Phi) is 6.32. The Bertz CT molecular complexity index is 181. The summed E-state index contributed by atoms with van der Waals surface area (Å²) in [6, 6.07) is 0.654. The second kappa shape index (κ2) is 7.25. The van der Waals surface area contributed by atoms with Gasteiger partial charge in [0.2, 0.25) is 0 Å². The van der Waals surface area contributed by atoms with Crippen molar-refractivity contribution in [3.05, 3.63) is 0 Å². The highest BCUT2D eigenvalue weighted by Crippen LogP contribution is 2.29. The van der Waals surface area contributed by atoms with Gasteiger partial charge in [-0.05, 0) is 46.0 Å². The highest BCUT2D eigenvalue weighted by atomic mass is 16.5. The van der Waals surface area contributed by atoms with E-state index < -0.39 is 0 Å². The highest BCUT2D eigenvalue weighted by Gasteiger charge is 2.32. The molecule has 0 radical (unpaired) electrons. The monoisotopic (exact) mass is 229 g/mol. The molecule has 0 aromatic carbocycles. The Morgan fingerprint density at radius 3 is 2.56 bits per heavy atom. The van der Waals surface area contributed by atoms with E-state index in [2.05, 4.69) is 11.8 Å². The fourth-order valence-corrected chi connectivity index (χ4v) is 1.99. The molecule has 1 fully saturated rings. The van der Waals surface area contributed by atoms with Crippen molar-refractivity contribution in [3.63, 3.8) is 0 Å². The zero-order valence-corrected chi connectivity index (χ0v) is 11.0. The van der Waals surface area contributed by atoms with Crippen molar-refractivity contribution < 1.29 is 9.84 Å². The van der Waals surface area contributed by atoms with Crippen LogP contribution >= 0.6 is 0 Å². The van der Waals surface area contributed by atoms with Crippen molar-refractivity contribution in [2.75, 3.05) is 13.2 Å². The largest absolute Gasteiger partial charge is 0.379 e. The first-order valence-electron chi connectivity index (χ1n) is 6.70. The molecule has 1 N–H and O–H groups in total. The second-order valence-corrected chi connectivity index (χ2v) is 5.01. The summed E-state index contributed by atoms with van der Waals surface area (Å²) in [4.78, 5) is 2.26. The fourth-order valence-electron chi connectivity index (χ4n) is 1.99. The Morgan fingerprint density at radius 2 is 2.06 bits per heavy atom. The van der Waals surface area contributed by atoms with Crippen molar-refractivity contribution >= 4 is 0 Å². The summed E-state index contributed by atoms with van der Waals surface area (Å²) in [5.41, 5.74) is 0. The van der Waals surface area contributed by atoms with Gasteiger partial charge in [0, 0.05) is 19.2 Å². The van der Waals surface area contributed by atoms with Crippen molar-refractivity contribution in [3.8, 4) is 0 Å². The third-order valence-corrected chi connectivity index (χ3v) is 2.94. The Hall–Kier alpha value is -0.120. The third-order valence-electron chi connectivity index (χ3n) is 2.94. The van der Waals surface area contributed by atoms with Crippen molar-refractivity contribution in [2.24, 2.45) is 0 Å². The van der Waals surface area contributed by atoms with E-state index in [-0.39, 0.29) is 6.23 Å². The van der Waals surface area contributed by atoms with Gasteiger partial charge in [-0.2, -0.15) is 0 Å². The Morgan fingerprint density at radius 1 is 1.38 bits per heavy atom. The van der Waals surface area contributed by atoms with Gasteiger partial charge in [-0.15, -0.1) is 0 Å². The van der Waals surface area contributed by atoms with Gasteiger partial charge in [0.05, 0.1) is 6.10 Å². The highest BCUT2D eigenvalue weighted by molar-refractivity contribution is 4.85. The Balaban J connectivity index is 2.13. The summed E-state index contributed by atoms with van der Waals surface area (Å²) >= 11 is 0. The van der Waals surface area contributed by atoms with Gasteiger partial charge in [0.25, 0.3) is 0 Å². The Labute approximate surface area is 99.8 Å². The van der Waals surface area contributed by atoms with E-state index in [1.807, 2.05) is 13.8 Å². The minimum Gasteiger partial charge on any atom is -0.379 e. The quantitative estimate of drug-likeness (QED) is 0.487. The van der Waals surface area contributed by atoms with Crippen LogP contribution in [0.25, 0.3) is 0 Å². The van der Waals surface area contributed by atoms with Crippen LogP contribution in [0.5, 0.6) is 0 Å². The van der Waals surface area contributed by atoms with E-state index in [0.29, 0.717) is 12.1 Å². The van der Waals surface area contributed by atoms with E-state index in [1.165, 1.54) is 12.8 Å². The molecule has 16 heavy (non-hydrogen) atoms. The summed E-state index contributed by atoms with van der Waals surface area (Å²) in [7, 11) is 0. The standard InChI is InChI=1S/C13H27NO2/c1-4-9-14(12-7-8-12)13(15)6-5-10-16-11(2)3/h11-13,15H,4-10H2,1-3H3. The molecule has 0 aromatic heterocycles. The van der Waals surface area contributed by atoms with Crippen LogP contribution in [0.1, 0.15) is 52.9 Å². The van der Waals surface area contributed by atoms with Crippen LogP contribution in [0.2, 0.25) is 0 Å². The summed E-state index contributed by atoms with van der Waals surface area (Å²) in [6.07, 6.45) is 5.47. The van der Waals surface area contributed by atoms with Crippen LogP contribution in [-0.4, -0.2) is 41.5 Å². The van der Waals surface area contributed by atoms with Gasteiger partial charge in [0.15, 0.2) is 0 Å². The molecule has 1 atom stereocenters. The maximum Gasteiger partial charge on any atom is 0.107 e. The molecule has 1 rings (SSSR count). The molecule has 0 bridgehead atoms. The van der Waals surface area contributed by atoms with Gasteiger partial charge >= 0.3 is 0 Å². The van der Waals surface area contributed by atoms with Gasteiger partial charge in [0.1, 0.15) is 6.23 Å². The predicted molar refractivity (Wildman–Crippen MR) is 66.3 cm³/mol. The number of aliphatic hydroxyl groups excluding tert-OH is 1. The van der Waals surface area contributed by atoms with Crippen LogP contribution in [0.15, 0.2) is 0 Å². The summed E-state index contributed by atoms with van der Waals surface area (Å²) in [5, 5.41) is 10.1. The van der Waals surface area contributed by atoms with Crippen LogP contribution in [-0.2, 0) is 4.74 Å². The van der Waals surface area contributed by atoms with Crippen LogP contribution in [0, 0.1) is 0 Å². The summed E-state index contributed by atoms with van der Waals surface area (Å²) in [5.74, 6) is 0. The molecule has 1 aliphatic carbocycles. The zero-order chi connectivity index (χ0) is 12.0. The zero-order valence-electron chi connectivity index (χ0n) is 11.0. The van der Waals surface area contributed by atoms with Crippen LogP contribution in [0.4, 0.5) is 0 Å². The lowest BCUT2D eigenvalue weighted by atomic mass is 10.2. The lowest BCUT2D eigenvalue weighted by molar-refractivity contribution is -0.0179. The third kappa shape index (κ3) is 5.28. The molecular formula is C13H27NO2. The molecule has 0 amide bonds. The first-order chi connectivity index (χ1) is 7.65. The molecule has 0 heterocycles. The molecule has 96 valence electrons. The van der Waals surface area contributed by atoms with E-state index in [4.69, 9.17) is 4.74 Å². The van der Waals surface area contributed by atoms with E-state index in [9.17, 15) is 5.11 Å². The molecule has 0 aliphatic heterocycles. The summed E-state index contributed by atoms with van der Waals surface area (Å²) < 4.78 is 5.48. The van der Waals surface area contributed by atoms with Crippen molar-refractivity contribution in [2.45, 2.75) is 71.2 Å². The lowest BCUT2D eigenvalue weighted by Crippen LogP contribution is -2.37. The van der Waals surface area contributed by atoms with Gasteiger partial charge in [-0.25, -0.2) is 0 Å². The van der Waals surface area contributed by atoms with Gasteiger partial charge in [-0.1, -0.05) is 6.92 Å². The number of nitrogens with zero attached hydrogens (tertiary/aromatic N) is 1. The second-order valence-electron chi connectivity index (χ2n) is 5.01. The topological polar surface area (TPSA) is 32.7 Å². The molecule has 1 unspecified atom stereocenters. The van der Waals surface area contributed by atoms with E-state index in [0.717, 1.165) is 32.4 Å². The molecule has 1 aliphatic rings. The molecule has 3 heteroatoms. The number of rotatable bonds is 9. The predicted octanol–water partition coefficient (Wildman–Crippen LogP) is 2.38. The average Bonchev–Trinajstić information content (AvgIpc) is 3.04.